The number of carboxylic acids is 1. The van der Waals surface area contributed by atoms with Crippen LogP contribution in [0, 0.1) is 0 Å². The summed E-state index contributed by atoms with van der Waals surface area (Å²) in [6.45, 7) is 1.50. The molecule has 0 aromatic heterocycles. The van der Waals surface area contributed by atoms with Gasteiger partial charge in [0.25, 0.3) is 0 Å². The van der Waals surface area contributed by atoms with Crippen LogP contribution >= 0.6 is 0 Å². The van der Waals surface area contributed by atoms with E-state index in [2.05, 4.69) is 6.92 Å². The minimum absolute atomic E-state index is 0. The Balaban J connectivity index is -0.000000104. The zero-order valence-corrected chi connectivity index (χ0v) is 18.7. The number of carboxylic acid groups (broad SMARTS) is 1. The summed E-state index contributed by atoms with van der Waals surface area (Å²) in [5.74, 6) is -0.659. The quantitative estimate of drug-likeness (QED) is 0.157. The van der Waals surface area contributed by atoms with Gasteiger partial charge in [0.05, 0.1) is 13.2 Å². The van der Waals surface area contributed by atoms with Crippen LogP contribution in [0.5, 0.6) is 0 Å². The third-order valence-electron chi connectivity index (χ3n) is 2.92. The predicted molar refractivity (Wildman–Crippen MR) is 102 cm³/mol. The first-order chi connectivity index (χ1) is 11.6. The van der Waals surface area contributed by atoms with Gasteiger partial charge in [-0.05, 0) is 6.42 Å². The fourth-order valence-electron chi connectivity index (χ4n) is 1.64. The summed E-state index contributed by atoms with van der Waals surface area (Å²) in [6, 6.07) is 0. The van der Waals surface area contributed by atoms with Crippen LogP contribution < -0.4 is 0 Å². The van der Waals surface area contributed by atoms with Crippen molar-refractivity contribution in [1.29, 1.82) is 0 Å². The molecule has 0 aromatic carbocycles. The minimum Gasteiger partial charge on any atom is -0.481 e. The van der Waals surface area contributed by atoms with E-state index in [0.717, 1.165) is 12.8 Å². The van der Waals surface area contributed by atoms with Crippen LogP contribution in [0.2, 0.25) is 0 Å². The normalized spacial score (nSPS) is 10.1. The summed E-state index contributed by atoms with van der Waals surface area (Å²) >= 11 is 0. The summed E-state index contributed by atoms with van der Waals surface area (Å²) in [7, 11) is -4.67. The van der Waals surface area contributed by atoms with Crippen LogP contribution in [-0.4, -0.2) is 92.8 Å². The summed E-state index contributed by atoms with van der Waals surface area (Å²) in [4.78, 5) is 10.2. The molecule has 0 saturated heterocycles. The Morgan fingerprint density at radius 1 is 0.885 bits per heavy atom. The molecule has 0 saturated carbocycles. The molecule has 0 spiro atoms. The molecule has 0 rings (SSSR count). The average Bonchev–Trinajstić information content (AvgIpc) is 2.51. The predicted octanol–water partition coefficient (Wildman–Crippen LogP) is 1.54. The van der Waals surface area contributed by atoms with Crippen LogP contribution in [-0.2, 0) is 15.2 Å². The molecule has 11 heteroatoms. The molecule has 26 heavy (non-hydrogen) atoms. The molecule has 0 aliphatic heterocycles. The van der Waals surface area contributed by atoms with Crippen LogP contribution in [0.15, 0.2) is 0 Å². The van der Waals surface area contributed by atoms with Gasteiger partial charge in [0.15, 0.2) is 0 Å². The summed E-state index contributed by atoms with van der Waals surface area (Å²) in [6.07, 6.45) is 10.5. The van der Waals surface area contributed by atoms with Crippen molar-refractivity contribution in [1.82, 2.24) is 0 Å². The molecule has 0 aromatic rings. The first-order valence-electron chi connectivity index (χ1n) is 8.39. The Labute approximate surface area is 180 Å². The third kappa shape index (κ3) is 56.4. The van der Waals surface area contributed by atoms with Crippen LogP contribution in [0.3, 0.4) is 0 Å². The summed E-state index contributed by atoms with van der Waals surface area (Å²) in [5.41, 5.74) is 0. The Morgan fingerprint density at radius 2 is 1.19 bits per heavy atom. The number of aliphatic hydroxyl groups excluding tert-OH is 3. The molecular weight excluding hydrogens is 379 g/mol. The van der Waals surface area contributed by atoms with Crippen molar-refractivity contribution in [2.75, 3.05) is 13.2 Å². The van der Waals surface area contributed by atoms with E-state index in [4.69, 9.17) is 37.9 Å². The van der Waals surface area contributed by atoms with Gasteiger partial charge in [0.2, 0.25) is 0 Å². The van der Waals surface area contributed by atoms with Crippen LogP contribution in [0.1, 0.15) is 72.6 Å². The Bertz CT molecular complexity index is 371. The van der Waals surface area contributed by atoms with Gasteiger partial charge < -0.3 is 20.4 Å². The number of rotatable bonds is 12. The summed E-state index contributed by atoms with van der Waals surface area (Å²) < 4.78 is 31.6. The Kier molecular flexibility index (Phi) is 32.8. The van der Waals surface area contributed by atoms with Gasteiger partial charge in [-0.2, -0.15) is 8.42 Å². The van der Waals surface area contributed by atoms with Crippen molar-refractivity contribution in [2.45, 2.75) is 77.2 Å². The van der Waals surface area contributed by atoms with E-state index in [0.29, 0.717) is 6.42 Å². The van der Waals surface area contributed by atoms with E-state index in [9.17, 15) is 4.79 Å². The minimum atomic E-state index is -4.67. The number of aliphatic hydroxyl groups is 3. The Hall–Kier alpha value is 0.220. The van der Waals surface area contributed by atoms with Crippen molar-refractivity contribution in [3.63, 3.8) is 0 Å². The number of hydrogen-bond acceptors (Lipinski definition) is 6. The van der Waals surface area contributed by atoms with E-state index < -0.39 is 22.5 Å². The molecular formula is C15H36NaO9S. The smallest absolute Gasteiger partial charge is 0.394 e. The third-order valence-corrected chi connectivity index (χ3v) is 2.92. The average molecular weight is 416 g/mol. The second-order valence-electron chi connectivity index (χ2n) is 5.44. The van der Waals surface area contributed by atoms with E-state index in [-0.39, 0.29) is 44.2 Å². The van der Waals surface area contributed by atoms with Crippen LogP contribution in [0.25, 0.3) is 0 Å². The van der Waals surface area contributed by atoms with Crippen molar-refractivity contribution >= 4 is 45.9 Å². The summed E-state index contributed by atoms with van der Waals surface area (Å²) in [5, 5.41) is 32.4. The molecule has 0 amide bonds. The van der Waals surface area contributed by atoms with Crippen LogP contribution in [0.4, 0.5) is 0 Å². The molecule has 0 bridgehead atoms. The molecule has 157 valence electrons. The monoisotopic (exact) mass is 415 g/mol. The zero-order chi connectivity index (χ0) is 20.1. The molecule has 0 heterocycles. The maximum Gasteiger partial charge on any atom is 0.394 e. The van der Waals surface area contributed by atoms with E-state index in [1.54, 1.807) is 0 Å². The fraction of sp³-hybridized carbons (Fsp3) is 0.933. The van der Waals surface area contributed by atoms with Gasteiger partial charge >= 0.3 is 16.4 Å². The van der Waals surface area contributed by atoms with E-state index in [1.807, 2.05) is 0 Å². The molecule has 0 unspecified atom stereocenters. The maximum absolute atomic E-state index is 10.2. The van der Waals surface area contributed by atoms with Crippen molar-refractivity contribution < 1.29 is 44.2 Å². The number of carbonyl (C=O) groups is 1. The Morgan fingerprint density at radius 3 is 1.42 bits per heavy atom. The van der Waals surface area contributed by atoms with Crippen molar-refractivity contribution in [3.8, 4) is 0 Å². The van der Waals surface area contributed by atoms with Gasteiger partial charge in [0.1, 0.15) is 6.10 Å². The van der Waals surface area contributed by atoms with Gasteiger partial charge in [-0.3, -0.25) is 13.9 Å². The fourth-order valence-corrected chi connectivity index (χ4v) is 1.64. The van der Waals surface area contributed by atoms with Gasteiger partial charge in [-0.15, -0.1) is 0 Å². The van der Waals surface area contributed by atoms with Crippen molar-refractivity contribution in [2.24, 2.45) is 0 Å². The van der Waals surface area contributed by atoms with Gasteiger partial charge in [0, 0.05) is 37.4 Å². The van der Waals surface area contributed by atoms with E-state index in [1.165, 1.54) is 44.9 Å². The topological polar surface area (TPSA) is 173 Å². The molecule has 1 radical (unpaired) electrons. The first kappa shape index (κ1) is 33.8. The number of unbranched alkanes of at least 4 members (excludes halogenated alkanes) is 8. The number of hydrogen-bond donors (Lipinski definition) is 6. The second kappa shape index (κ2) is 25.2. The van der Waals surface area contributed by atoms with Crippen molar-refractivity contribution in [3.05, 3.63) is 0 Å². The SMILES string of the molecule is CCCCCCCCCCCC(=O)O.O=S(=O)(O)O.OCC(O)CO.[HH].[Na]. The van der Waals surface area contributed by atoms with E-state index >= 15 is 0 Å². The maximum atomic E-state index is 10.2. The van der Waals surface area contributed by atoms with Gasteiger partial charge in [-0.25, -0.2) is 0 Å². The van der Waals surface area contributed by atoms with Gasteiger partial charge in [-0.1, -0.05) is 58.3 Å². The second-order valence-corrected chi connectivity index (χ2v) is 6.33. The molecule has 6 N–H and O–H groups in total. The molecule has 0 fully saturated rings. The largest absolute Gasteiger partial charge is 0.481 e. The molecule has 0 aliphatic rings. The molecule has 0 aliphatic carbocycles. The number of aliphatic carboxylic acids is 1. The first-order valence-corrected chi connectivity index (χ1v) is 9.79. The molecule has 9 nitrogen and oxygen atoms in total. The zero-order valence-electron chi connectivity index (χ0n) is 15.9. The molecule has 0 atom stereocenters. The standard InChI is InChI=1S/C12H24O2.C3H8O3.Na.H2O4S.H2/c1-2-3-4-5-6-7-8-9-10-11-12(13)14;4-1-3(6)2-5;;1-5(2,3)4;/h2-11H2,1H3,(H,13,14);3-6H,1-2H2;;(H2,1,2,3,4);1H.